The zero-order valence-corrected chi connectivity index (χ0v) is 24.4. The largest absolute Gasteiger partial charge is 0.493 e. The summed E-state index contributed by atoms with van der Waals surface area (Å²) in [7, 11) is 3.12. The predicted molar refractivity (Wildman–Crippen MR) is 166 cm³/mol. The number of pyridine rings is 1. The SMILES string of the molecule is COc1cc2cc(CN(Cc3ccc(F)cc3)Cc3nnnn3Cc3cccc(-c4ccccc4)c3)c(=O)[nH]c2cc1OC. The molecule has 2 aromatic heterocycles. The number of rotatable bonds is 11. The number of nitrogens with zero attached hydrogens (tertiary/aromatic N) is 5. The van der Waals surface area contributed by atoms with Gasteiger partial charge in [0.05, 0.1) is 32.8 Å². The average Bonchev–Trinajstić information content (AvgIpc) is 3.48. The van der Waals surface area contributed by atoms with Gasteiger partial charge in [0.1, 0.15) is 5.82 Å². The maximum atomic E-state index is 13.7. The Balaban J connectivity index is 1.29. The van der Waals surface area contributed by atoms with E-state index in [1.54, 1.807) is 37.1 Å². The highest BCUT2D eigenvalue weighted by Gasteiger charge is 2.17. The van der Waals surface area contributed by atoms with Gasteiger partial charge in [0.2, 0.25) is 0 Å². The van der Waals surface area contributed by atoms with Crippen LogP contribution in [0.2, 0.25) is 0 Å². The Kier molecular flexibility index (Phi) is 8.42. The molecule has 0 saturated heterocycles. The third-order valence-corrected chi connectivity index (χ3v) is 7.48. The third-order valence-electron chi connectivity index (χ3n) is 7.48. The number of aromatic nitrogens is 5. The molecule has 222 valence electrons. The second-order valence-corrected chi connectivity index (χ2v) is 10.5. The van der Waals surface area contributed by atoms with Crippen LogP contribution in [0.5, 0.6) is 11.5 Å². The molecule has 44 heavy (non-hydrogen) atoms. The molecule has 4 aromatic carbocycles. The number of halogens is 1. The highest BCUT2D eigenvalue weighted by atomic mass is 19.1. The van der Waals surface area contributed by atoms with E-state index in [4.69, 9.17) is 9.47 Å². The monoisotopic (exact) mass is 590 g/mol. The Hall–Kier alpha value is -5.35. The fourth-order valence-corrected chi connectivity index (χ4v) is 5.26. The van der Waals surface area contributed by atoms with Crippen molar-refractivity contribution in [3.8, 4) is 22.6 Å². The summed E-state index contributed by atoms with van der Waals surface area (Å²) >= 11 is 0. The number of ether oxygens (including phenoxy) is 2. The minimum atomic E-state index is -0.308. The van der Waals surface area contributed by atoms with Crippen molar-refractivity contribution in [1.29, 1.82) is 0 Å². The van der Waals surface area contributed by atoms with Gasteiger partial charge >= 0.3 is 0 Å². The lowest BCUT2D eigenvalue weighted by Crippen LogP contribution is -2.28. The van der Waals surface area contributed by atoms with Crippen LogP contribution in [0.3, 0.4) is 0 Å². The van der Waals surface area contributed by atoms with Crippen LogP contribution in [0.4, 0.5) is 4.39 Å². The summed E-state index contributed by atoms with van der Waals surface area (Å²) < 4.78 is 26.3. The molecule has 0 spiro atoms. The van der Waals surface area contributed by atoms with Crippen LogP contribution >= 0.6 is 0 Å². The Morgan fingerprint density at radius 1 is 0.795 bits per heavy atom. The number of hydrogen-bond donors (Lipinski definition) is 1. The minimum absolute atomic E-state index is 0.217. The summed E-state index contributed by atoms with van der Waals surface area (Å²) in [5.41, 5.74) is 5.18. The van der Waals surface area contributed by atoms with E-state index in [0.717, 1.165) is 27.6 Å². The lowest BCUT2D eigenvalue weighted by atomic mass is 10.0. The smallest absolute Gasteiger partial charge is 0.252 e. The summed E-state index contributed by atoms with van der Waals surface area (Å²) in [6.07, 6.45) is 0. The molecule has 0 atom stereocenters. The quantitative estimate of drug-likeness (QED) is 0.210. The first kappa shape index (κ1) is 28.8. The molecule has 0 saturated carbocycles. The molecule has 6 rings (SSSR count). The van der Waals surface area contributed by atoms with Crippen molar-refractivity contribution in [2.24, 2.45) is 0 Å². The van der Waals surface area contributed by atoms with Gasteiger partial charge in [-0.1, -0.05) is 60.7 Å². The molecule has 0 unspecified atom stereocenters. The zero-order valence-electron chi connectivity index (χ0n) is 24.4. The normalized spacial score (nSPS) is 11.3. The van der Waals surface area contributed by atoms with Gasteiger partial charge in [-0.05, 0) is 63.0 Å². The van der Waals surface area contributed by atoms with Crippen LogP contribution in [0.15, 0.2) is 102 Å². The first-order chi connectivity index (χ1) is 21.5. The number of methoxy groups -OCH3 is 2. The fourth-order valence-electron chi connectivity index (χ4n) is 5.26. The lowest BCUT2D eigenvalue weighted by Gasteiger charge is -2.22. The van der Waals surface area contributed by atoms with Crippen molar-refractivity contribution in [1.82, 2.24) is 30.1 Å². The molecule has 0 amide bonds. The predicted octanol–water partition coefficient (Wildman–Crippen LogP) is 5.59. The van der Waals surface area contributed by atoms with E-state index in [0.29, 0.717) is 54.6 Å². The summed E-state index contributed by atoms with van der Waals surface area (Å²) in [5, 5.41) is 13.4. The van der Waals surface area contributed by atoms with Crippen molar-refractivity contribution >= 4 is 10.9 Å². The highest BCUT2D eigenvalue weighted by molar-refractivity contribution is 5.83. The summed E-state index contributed by atoms with van der Waals surface area (Å²) in [6, 6.07) is 30.3. The third kappa shape index (κ3) is 6.50. The maximum absolute atomic E-state index is 13.7. The lowest BCUT2D eigenvalue weighted by molar-refractivity contribution is 0.236. The first-order valence-electron chi connectivity index (χ1n) is 14.1. The molecule has 0 aliphatic carbocycles. The number of hydrogen-bond acceptors (Lipinski definition) is 7. The van der Waals surface area contributed by atoms with Gasteiger partial charge in [0, 0.05) is 30.1 Å². The van der Waals surface area contributed by atoms with Gasteiger partial charge in [-0.15, -0.1) is 5.10 Å². The molecule has 0 fully saturated rings. The maximum Gasteiger partial charge on any atom is 0.252 e. The topological polar surface area (TPSA) is 98.2 Å². The Morgan fingerprint density at radius 2 is 1.55 bits per heavy atom. The van der Waals surface area contributed by atoms with Crippen LogP contribution in [0.1, 0.15) is 22.5 Å². The molecule has 6 aromatic rings. The van der Waals surface area contributed by atoms with Gasteiger partial charge < -0.3 is 14.5 Å². The molecule has 9 nitrogen and oxygen atoms in total. The van der Waals surface area contributed by atoms with Gasteiger partial charge in [0.15, 0.2) is 17.3 Å². The van der Waals surface area contributed by atoms with E-state index < -0.39 is 0 Å². The molecule has 2 heterocycles. The van der Waals surface area contributed by atoms with Crippen molar-refractivity contribution in [2.45, 2.75) is 26.2 Å². The molecule has 0 radical (unpaired) electrons. The number of benzene rings is 4. The molecular weight excluding hydrogens is 559 g/mol. The first-order valence-corrected chi connectivity index (χ1v) is 14.1. The van der Waals surface area contributed by atoms with E-state index in [1.165, 1.54) is 12.1 Å². The minimum Gasteiger partial charge on any atom is -0.493 e. The molecule has 10 heteroatoms. The van der Waals surface area contributed by atoms with Gasteiger partial charge in [-0.3, -0.25) is 9.69 Å². The average molecular weight is 591 g/mol. The summed E-state index contributed by atoms with van der Waals surface area (Å²) in [4.78, 5) is 18.3. The van der Waals surface area contributed by atoms with Crippen molar-refractivity contribution in [2.75, 3.05) is 14.2 Å². The second-order valence-electron chi connectivity index (χ2n) is 10.5. The zero-order chi connectivity index (χ0) is 30.5. The molecule has 0 aliphatic rings. The van der Waals surface area contributed by atoms with E-state index in [2.05, 4.69) is 49.7 Å². The van der Waals surface area contributed by atoms with Gasteiger partial charge in [0.25, 0.3) is 5.56 Å². The van der Waals surface area contributed by atoms with Crippen molar-refractivity contribution < 1.29 is 13.9 Å². The Labute approximate surface area is 253 Å². The van der Waals surface area contributed by atoms with Gasteiger partial charge in [-0.2, -0.15) is 0 Å². The fraction of sp³-hybridized carbons (Fsp3) is 0.176. The van der Waals surface area contributed by atoms with Gasteiger partial charge in [-0.25, -0.2) is 9.07 Å². The number of tetrazole rings is 1. The van der Waals surface area contributed by atoms with Crippen molar-refractivity contribution in [3.63, 3.8) is 0 Å². The van der Waals surface area contributed by atoms with Crippen LogP contribution in [-0.4, -0.2) is 44.3 Å². The number of fused-ring (bicyclic) bond motifs is 1. The Morgan fingerprint density at radius 3 is 2.32 bits per heavy atom. The van der Waals surface area contributed by atoms with Crippen molar-refractivity contribution in [3.05, 3.63) is 136 Å². The number of nitrogens with one attached hydrogen (secondary N) is 1. The standard InChI is InChI=1S/C34H31FN6O3/c1-43-31-17-27-16-28(34(42)36-30(27)18-32(31)44-2)21-40(19-23-11-13-29(35)14-12-23)22-33-37-38-39-41(33)20-24-7-6-10-26(15-24)25-8-4-3-5-9-25/h3-18H,19-22H2,1-2H3,(H,36,42). The highest BCUT2D eigenvalue weighted by Crippen LogP contribution is 2.31. The molecule has 0 bridgehead atoms. The van der Waals surface area contributed by atoms with Crippen LogP contribution < -0.4 is 15.0 Å². The van der Waals surface area contributed by atoms with E-state index in [9.17, 15) is 9.18 Å². The van der Waals surface area contributed by atoms with E-state index >= 15 is 0 Å². The Bertz CT molecular complexity index is 1940. The molecule has 1 N–H and O–H groups in total. The van der Waals surface area contributed by atoms with Crippen LogP contribution in [-0.2, 0) is 26.2 Å². The second kappa shape index (κ2) is 12.9. The van der Waals surface area contributed by atoms with E-state index in [-0.39, 0.29) is 11.4 Å². The van der Waals surface area contributed by atoms with E-state index in [1.807, 2.05) is 42.5 Å². The number of H-pyrrole nitrogens is 1. The summed E-state index contributed by atoms with van der Waals surface area (Å²) in [5.74, 6) is 1.43. The molecular formula is C34H31FN6O3. The van der Waals surface area contributed by atoms with Crippen LogP contribution in [0, 0.1) is 5.82 Å². The van der Waals surface area contributed by atoms with Crippen LogP contribution in [0.25, 0.3) is 22.0 Å². The molecule has 0 aliphatic heterocycles. The number of aromatic amines is 1. The summed E-state index contributed by atoms with van der Waals surface area (Å²) in [6.45, 7) is 1.57.